The molecule has 2 rings (SSSR count). The van der Waals surface area contributed by atoms with Gasteiger partial charge >= 0.3 is 0 Å². The third kappa shape index (κ3) is 3.25. The second-order valence-electron chi connectivity index (χ2n) is 7.21. The van der Waals surface area contributed by atoms with Crippen LogP contribution in [0.1, 0.15) is 60.3 Å². The molecule has 2 fully saturated rings. The van der Waals surface area contributed by atoms with Gasteiger partial charge in [0.25, 0.3) is 0 Å². The number of rotatable bonds is 3. The number of piperidine rings is 1. The van der Waals surface area contributed by atoms with Crippen LogP contribution in [-0.2, 0) is 4.74 Å². The van der Waals surface area contributed by atoms with Crippen molar-refractivity contribution in [1.29, 1.82) is 0 Å². The highest BCUT2D eigenvalue weighted by atomic mass is 16.5. The van der Waals surface area contributed by atoms with E-state index in [-0.39, 0.29) is 11.3 Å². The Morgan fingerprint density at radius 3 is 2.56 bits per heavy atom. The topological polar surface area (TPSA) is 24.5 Å². The number of hydrogen-bond acceptors (Lipinski definition) is 3. The van der Waals surface area contributed by atoms with Gasteiger partial charge in [0.2, 0.25) is 0 Å². The van der Waals surface area contributed by atoms with E-state index in [1.165, 1.54) is 25.8 Å². The van der Waals surface area contributed by atoms with Gasteiger partial charge in [-0.2, -0.15) is 0 Å². The van der Waals surface area contributed by atoms with Gasteiger partial charge in [-0.15, -0.1) is 0 Å². The number of likely N-dealkylation sites (tertiary alicyclic amines) is 1. The zero-order chi connectivity index (χ0) is 13.4. The molecule has 1 N–H and O–H groups in total. The number of nitrogens with one attached hydrogen (secondary N) is 1. The SMILES string of the molecule is CC(C)N1CCCCC1CC1(C)NC(C)(C)CO1. The van der Waals surface area contributed by atoms with E-state index in [9.17, 15) is 0 Å². The Bertz CT molecular complexity index is 290. The highest BCUT2D eigenvalue weighted by Crippen LogP contribution is 2.32. The lowest BCUT2D eigenvalue weighted by Crippen LogP contribution is -2.53. The molecule has 2 aliphatic heterocycles. The van der Waals surface area contributed by atoms with E-state index >= 15 is 0 Å². The maximum absolute atomic E-state index is 6.05. The molecule has 3 heteroatoms. The van der Waals surface area contributed by atoms with Crippen LogP contribution >= 0.6 is 0 Å². The van der Waals surface area contributed by atoms with Crippen LogP contribution in [0, 0.1) is 0 Å². The number of hydrogen-bond donors (Lipinski definition) is 1. The lowest BCUT2D eigenvalue weighted by molar-refractivity contribution is -0.0338. The molecule has 0 spiro atoms. The van der Waals surface area contributed by atoms with Gasteiger partial charge in [0, 0.05) is 24.0 Å². The largest absolute Gasteiger partial charge is 0.359 e. The highest BCUT2D eigenvalue weighted by Gasteiger charge is 2.42. The minimum absolute atomic E-state index is 0.117. The molecule has 2 heterocycles. The fourth-order valence-electron chi connectivity index (χ4n) is 3.61. The number of ether oxygens (including phenoxy) is 1. The third-order valence-corrected chi connectivity index (χ3v) is 4.32. The van der Waals surface area contributed by atoms with Gasteiger partial charge in [-0.25, -0.2) is 0 Å². The molecule has 0 aliphatic carbocycles. The standard InChI is InChI=1S/C15H30N2O/c1-12(2)17-9-7-6-8-13(17)10-15(5)16-14(3,4)11-18-15/h12-13,16H,6-11H2,1-5H3. The van der Waals surface area contributed by atoms with Crippen LogP contribution in [0.2, 0.25) is 0 Å². The molecule has 106 valence electrons. The van der Waals surface area contributed by atoms with Gasteiger partial charge in [-0.1, -0.05) is 6.42 Å². The van der Waals surface area contributed by atoms with Crippen LogP contribution in [0.5, 0.6) is 0 Å². The quantitative estimate of drug-likeness (QED) is 0.838. The third-order valence-electron chi connectivity index (χ3n) is 4.32. The van der Waals surface area contributed by atoms with Gasteiger partial charge in [0.1, 0.15) is 5.72 Å². The Morgan fingerprint density at radius 1 is 1.28 bits per heavy atom. The summed E-state index contributed by atoms with van der Waals surface area (Å²) in [6.07, 6.45) is 5.15. The van der Waals surface area contributed by atoms with Crippen LogP contribution in [-0.4, -0.2) is 41.4 Å². The first kappa shape index (κ1) is 14.3. The molecule has 0 amide bonds. The molecule has 0 aromatic carbocycles. The maximum atomic E-state index is 6.05. The van der Waals surface area contributed by atoms with E-state index in [0.717, 1.165) is 13.0 Å². The minimum Gasteiger partial charge on any atom is -0.359 e. The summed E-state index contributed by atoms with van der Waals surface area (Å²) in [7, 11) is 0. The summed E-state index contributed by atoms with van der Waals surface area (Å²) in [6, 6.07) is 1.32. The summed E-state index contributed by atoms with van der Waals surface area (Å²) < 4.78 is 6.05. The number of nitrogens with zero attached hydrogens (tertiary/aromatic N) is 1. The van der Waals surface area contributed by atoms with Crippen LogP contribution in [0.4, 0.5) is 0 Å². The average molecular weight is 254 g/mol. The molecular weight excluding hydrogens is 224 g/mol. The first-order valence-corrected chi connectivity index (χ1v) is 7.50. The summed E-state index contributed by atoms with van der Waals surface area (Å²) in [5.74, 6) is 0. The summed E-state index contributed by atoms with van der Waals surface area (Å²) in [5.41, 5.74) is -0.0231. The Balaban J connectivity index is 1.99. The second-order valence-corrected chi connectivity index (χ2v) is 7.21. The fraction of sp³-hybridized carbons (Fsp3) is 1.00. The van der Waals surface area contributed by atoms with Crippen LogP contribution in [0.3, 0.4) is 0 Å². The Morgan fingerprint density at radius 2 is 2.00 bits per heavy atom. The smallest absolute Gasteiger partial charge is 0.118 e. The summed E-state index contributed by atoms with van der Waals surface area (Å²) >= 11 is 0. The minimum atomic E-state index is -0.140. The molecule has 0 aromatic rings. The van der Waals surface area contributed by atoms with E-state index in [1.54, 1.807) is 0 Å². The lowest BCUT2D eigenvalue weighted by Gasteiger charge is -2.42. The van der Waals surface area contributed by atoms with Gasteiger partial charge in [0.15, 0.2) is 0 Å². The molecule has 2 unspecified atom stereocenters. The van der Waals surface area contributed by atoms with Crippen molar-refractivity contribution in [3.8, 4) is 0 Å². The van der Waals surface area contributed by atoms with Crippen LogP contribution in [0.25, 0.3) is 0 Å². The van der Waals surface area contributed by atoms with Crippen LogP contribution in [0.15, 0.2) is 0 Å². The molecular formula is C15H30N2O. The summed E-state index contributed by atoms with van der Waals surface area (Å²) in [5, 5.41) is 3.66. The van der Waals surface area contributed by atoms with Crippen molar-refractivity contribution in [2.75, 3.05) is 13.2 Å². The predicted molar refractivity (Wildman–Crippen MR) is 75.7 cm³/mol. The van der Waals surface area contributed by atoms with Gasteiger partial charge in [-0.05, 0) is 54.0 Å². The van der Waals surface area contributed by atoms with E-state index in [2.05, 4.69) is 44.8 Å². The summed E-state index contributed by atoms with van der Waals surface area (Å²) in [4.78, 5) is 2.66. The second kappa shape index (κ2) is 5.10. The van der Waals surface area contributed by atoms with E-state index in [1.807, 2.05) is 0 Å². The fourth-order valence-corrected chi connectivity index (χ4v) is 3.61. The predicted octanol–water partition coefficient (Wildman–Crippen LogP) is 2.75. The molecule has 2 atom stereocenters. The zero-order valence-corrected chi connectivity index (χ0v) is 12.8. The average Bonchev–Trinajstić information content (AvgIpc) is 2.53. The molecule has 2 saturated heterocycles. The van der Waals surface area contributed by atoms with Crippen molar-refractivity contribution in [2.45, 2.75) is 83.6 Å². The lowest BCUT2D eigenvalue weighted by atomic mass is 9.93. The van der Waals surface area contributed by atoms with Crippen molar-refractivity contribution < 1.29 is 4.74 Å². The maximum Gasteiger partial charge on any atom is 0.118 e. The first-order chi connectivity index (χ1) is 8.31. The molecule has 18 heavy (non-hydrogen) atoms. The van der Waals surface area contributed by atoms with Gasteiger partial charge in [-0.3, -0.25) is 10.2 Å². The van der Waals surface area contributed by atoms with Crippen molar-refractivity contribution in [3.05, 3.63) is 0 Å². The Labute approximate surface area is 112 Å². The molecule has 0 saturated carbocycles. The molecule has 0 aromatic heterocycles. The molecule has 2 aliphatic rings. The molecule has 0 radical (unpaired) electrons. The van der Waals surface area contributed by atoms with E-state index in [4.69, 9.17) is 4.74 Å². The zero-order valence-electron chi connectivity index (χ0n) is 12.8. The van der Waals surface area contributed by atoms with Gasteiger partial charge in [0.05, 0.1) is 6.61 Å². The van der Waals surface area contributed by atoms with Crippen LogP contribution < -0.4 is 5.32 Å². The van der Waals surface area contributed by atoms with Crippen molar-refractivity contribution in [1.82, 2.24) is 10.2 Å². The van der Waals surface area contributed by atoms with Gasteiger partial charge < -0.3 is 4.74 Å². The Kier molecular flexibility index (Phi) is 4.05. The van der Waals surface area contributed by atoms with Crippen molar-refractivity contribution in [3.63, 3.8) is 0 Å². The van der Waals surface area contributed by atoms with E-state index < -0.39 is 0 Å². The Hall–Kier alpha value is -0.120. The molecule has 3 nitrogen and oxygen atoms in total. The van der Waals surface area contributed by atoms with Crippen molar-refractivity contribution >= 4 is 0 Å². The monoisotopic (exact) mass is 254 g/mol. The summed E-state index contributed by atoms with van der Waals surface area (Å²) in [6.45, 7) is 13.4. The van der Waals surface area contributed by atoms with Crippen molar-refractivity contribution in [2.24, 2.45) is 0 Å². The van der Waals surface area contributed by atoms with E-state index in [0.29, 0.717) is 12.1 Å². The highest BCUT2D eigenvalue weighted by molar-refractivity contribution is 4.95. The normalized spacial score (nSPS) is 37.3. The first-order valence-electron chi connectivity index (χ1n) is 7.50. The molecule has 0 bridgehead atoms.